The van der Waals surface area contributed by atoms with Crippen molar-refractivity contribution >= 4 is 37.9 Å². The van der Waals surface area contributed by atoms with Crippen LogP contribution in [0, 0.1) is 6.92 Å². The second-order valence-corrected chi connectivity index (χ2v) is 11.6. The molecule has 0 aliphatic heterocycles. The first-order valence-electron chi connectivity index (χ1n) is 13.3. The molecule has 0 spiro atoms. The average Bonchev–Trinajstić information content (AvgIpc) is 3.14. The smallest absolute Gasteiger partial charge is 0.212 e. The summed E-state index contributed by atoms with van der Waals surface area (Å²) in [6.07, 6.45) is 12.3. The van der Waals surface area contributed by atoms with E-state index in [9.17, 15) is 8.42 Å². The van der Waals surface area contributed by atoms with Gasteiger partial charge in [0.2, 0.25) is 9.84 Å². The van der Waals surface area contributed by atoms with Gasteiger partial charge < -0.3 is 10.3 Å². The Morgan fingerprint density at radius 2 is 1.33 bits per heavy atom. The van der Waals surface area contributed by atoms with Crippen LogP contribution in [0.2, 0.25) is 0 Å². The van der Waals surface area contributed by atoms with Gasteiger partial charge in [0.25, 0.3) is 0 Å². The first-order chi connectivity index (χ1) is 17.4. The van der Waals surface area contributed by atoms with Crippen molar-refractivity contribution in [3.63, 3.8) is 0 Å². The molecule has 2 heterocycles. The van der Waals surface area contributed by atoms with Gasteiger partial charge in [0.15, 0.2) is 5.65 Å². The molecule has 0 aliphatic rings. The molecule has 0 amide bonds. The minimum atomic E-state index is -3.86. The van der Waals surface area contributed by atoms with Gasteiger partial charge in [-0.15, -0.1) is 0 Å². The summed E-state index contributed by atoms with van der Waals surface area (Å²) in [7, 11) is -3.86. The van der Waals surface area contributed by atoms with Crippen LogP contribution in [0.1, 0.15) is 76.7 Å². The Morgan fingerprint density at radius 3 is 1.94 bits per heavy atom. The number of aryl methyl sites for hydroxylation is 2. The SMILES string of the molecule is CCCCCCCCCCCCn1c(N)c(S(=O)(=O)c2ccc(C)cc2)c2nc3ccccc3nc21. The standard InChI is InChI=1S/C29H38N4O2S/c1-3-4-5-6-7-8-9-10-11-14-21-33-28(30)27(36(34,35)23-19-17-22(2)18-20-23)26-29(33)32-25-16-13-12-15-24(25)31-26/h12-13,15-20H,3-11,14,21,30H2,1-2H3. The lowest BCUT2D eigenvalue weighted by molar-refractivity contribution is 0.539. The monoisotopic (exact) mass is 506 g/mol. The van der Waals surface area contributed by atoms with Crippen LogP contribution >= 0.6 is 0 Å². The highest BCUT2D eigenvalue weighted by Crippen LogP contribution is 2.35. The van der Waals surface area contributed by atoms with Gasteiger partial charge in [0, 0.05) is 6.54 Å². The number of para-hydroxylation sites is 2. The van der Waals surface area contributed by atoms with Gasteiger partial charge in [-0.25, -0.2) is 18.4 Å². The quantitative estimate of drug-likeness (QED) is 0.193. The van der Waals surface area contributed by atoms with Crippen molar-refractivity contribution in [3.8, 4) is 0 Å². The third-order valence-electron chi connectivity index (χ3n) is 6.88. The lowest BCUT2D eigenvalue weighted by atomic mass is 10.1. The maximum Gasteiger partial charge on any atom is 0.212 e. The molecule has 2 N–H and O–H groups in total. The minimum absolute atomic E-state index is 0.0617. The molecule has 36 heavy (non-hydrogen) atoms. The summed E-state index contributed by atoms with van der Waals surface area (Å²) < 4.78 is 29.3. The lowest BCUT2D eigenvalue weighted by Crippen LogP contribution is -2.08. The molecule has 2 aromatic heterocycles. The van der Waals surface area contributed by atoms with E-state index in [1.165, 1.54) is 51.4 Å². The molecule has 0 unspecified atom stereocenters. The van der Waals surface area contributed by atoms with E-state index in [4.69, 9.17) is 15.7 Å². The number of nitrogens with two attached hydrogens (primary N) is 1. The molecule has 4 aromatic rings. The lowest BCUT2D eigenvalue weighted by Gasteiger charge is -2.09. The van der Waals surface area contributed by atoms with Crippen molar-refractivity contribution in [2.75, 3.05) is 5.73 Å². The number of anilines is 1. The van der Waals surface area contributed by atoms with Gasteiger partial charge >= 0.3 is 0 Å². The summed E-state index contributed by atoms with van der Waals surface area (Å²) in [4.78, 5) is 9.80. The second-order valence-electron chi connectivity index (χ2n) is 9.75. The normalized spacial score (nSPS) is 12.1. The van der Waals surface area contributed by atoms with Crippen LogP contribution in [0.25, 0.3) is 22.2 Å². The van der Waals surface area contributed by atoms with Crippen molar-refractivity contribution in [1.29, 1.82) is 0 Å². The van der Waals surface area contributed by atoms with E-state index in [1.54, 1.807) is 24.3 Å². The Bertz CT molecular complexity index is 1410. The zero-order chi connectivity index (χ0) is 25.5. The fourth-order valence-electron chi connectivity index (χ4n) is 4.77. The number of fused-ring (bicyclic) bond motifs is 2. The van der Waals surface area contributed by atoms with Crippen LogP contribution in [0.5, 0.6) is 0 Å². The molecular weight excluding hydrogens is 468 g/mol. The average molecular weight is 507 g/mol. The van der Waals surface area contributed by atoms with Crippen molar-refractivity contribution in [1.82, 2.24) is 14.5 Å². The van der Waals surface area contributed by atoms with Crippen LogP contribution in [0.15, 0.2) is 58.3 Å². The minimum Gasteiger partial charge on any atom is -0.384 e. The first-order valence-corrected chi connectivity index (χ1v) is 14.8. The van der Waals surface area contributed by atoms with Crippen LogP contribution in [0.3, 0.4) is 0 Å². The molecule has 0 radical (unpaired) electrons. The Labute approximate surface area is 214 Å². The molecule has 0 saturated carbocycles. The van der Waals surface area contributed by atoms with Crippen LogP contribution < -0.4 is 5.73 Å². The van der Waals surface area contributed by atoms with Crippen molar-refractivity contribution in [2.24, 2.45) is 0 Å². The Morgan fingerprint density at radius 1 is 0.778 bits per heavy atom. The van der Waals surface area contributed by atoms with Crippen molar-refractivity contribution in [3.05, 3.63) is 54.1 Å². The molecular formula is C29H38N4O2S. The van der Waals surface area contributed by atoms with E-state index < -0.39 is 9.84 Å². The van der Waals surface area contributed by atoms with Crippen LogP contribution in [0.4, 0.5) is 5.82 Å². The summed E-state index contributed by atoms with van der Waals surface area (Å²) in [6, 6.07) is 14.4. The Kier molecular flexibility index (Phi) is 8.62. The predicted molar refractivity (Wildman–Crippen MR) is 148 cm³/mol. The summed E-state index contributed by atoms with van der Waals surface area (Å²) in [5.74, 6) is 0.219. The zero-order valence-corrected chi connectivity index (χ0v) is 22.4. The molecule has 4 rings (SSSR count). The second kappa shape index (κ2) is 11.9. The topological polar surface area (TPSA) is 90.9 Å². The Balaban J connectivity index is 1.57. The molecule has 0 bridgehead atoms. The summed E-state index contributed by atoms with van der Waals surface area (Å²) in [5, 5.41) is 0. The molecule has 0 aliphatic carbocycles. The molecule has 0 fully saturated rings. The van der Waals surface area contributed by atoms with Gasteiger partial charge in [-0.1, -0.05) is 94.5 Å². The van der Waals surface area contributed by atoms with Crippen molar-refractivity contribution in [2.45, 2.75) is 94.4 Å². The number of nitrogen functional groups attached to an aromatic ring is 1. The molecule has 6 nitrogen and oxygen atoms in total. The van der Waals surface area contributed by atoms with Gasteiger partial charge in [0.05, 0.1) is 15.9 Å². The maximum absolute atomic E-state index is 13.7. The predicted octanol–water partition coefficient (Wildman–Crippen LogP) is 7.23. The van der Waals surface area contributed by atoms with Gasteiger partial charge in [0.1, 0.15) is 16.2 Å². The van der Waals surface area contributed by atoms with Crippen LogP contribution in [-0.4, -0.2) is 23.0 Å². The van der Waals surface area contributed by atoms with Crippen molar-refractivity contribution < 1.29 is 8.42 Å². The maximum atomic E-state index is 13.7. The number of sulfone groups is 1. The fraction of sp³-hybridized carbons (Fsp3) is 0.448. The number of benzene rings is 2. The number of nitrogens with zero attached hydrogens (tertiary/aromatic N) is 3. The summed E-state index contributed by atoms with van der Waals surface area (Å²) in [6.45, 7) is 4.80. The van der Waals surface area contributed by atoms with Gasteiger partial charge in [-0.3, -0.25) is 0 Å². The van der Waals surface area contributed by atoms with E-state index in [1.807, 2.05) is 35.8 Å². The highest BCUT2D eigenvalue weighted by molar-refractivity contribution is 7.92. The van der Waals surface area contributed by atoms with Gasteiger partial charge in [-0.05, 0) is 37.6 Å². The summed E-state index contributed by atoms with van der Waals surface area (Å²) in [5.41, 5.74) is 9.82. The first kappa shape index (κ1) is 26.1. The number of aromatic nitrogens is 3. The van der Waals surface area contributed by atoms with E-state index >= 15 is 0 Å². The zero-order valence-electron chi connectivity index (χ0n) is 21.5. The van der Waals surface area contributed by atoms with E-state index in [2.05, 4.69) is 6.92 Å². The largest absolute Gasteiger partial charge is 0.384 e. The number of hydrogen-bond donors (Lipinski definition) is 1. The highest BCUT2D eigenvalue weighted by Gasteiger charge is 2.30. The van der Waals surface area contributed by atoms with E-state index in [0.717, 1.165) is 23.9 Å². The molecule has 0 saturated heterocycles. The third-order valence-corrected chi connectivity index (χ3v) is 8.71. The summed E-state index contributed by atoms with van der Waals surface area (Å²) >= 11 is 0. The molecule has 0 atom stereocenters. The molecule has 2 aromatic carbocycles. The number of unbranched alkanes of at least 4 members (excludes halogenated alkanes) is 9. The third kappa shape index (κ3) is 5.72. The molecule has 7 heteroatoms. The number of rotatable bonds is 13. The van der Waals surface area contributed by atoms with Crippen LogP contribution in [-0.2, 0) is 16.4 Å². The van der Waals surface area contributed by atoms with E-state index in [0.29, 0.717) is 23.2 Å². The fourth-order valence-corrected chi connectivity index (χ4v) is 6.28. The Hall–Kier alpha value is -2.93. The van der Waals surface area contributed by atoms with E-state index in [-0.39, 0.29) is 15.6 Å². The number of hydrogen-bond acceptors (Lipinski definition) is 5. The van der Waals surface area contributed by atoms with Gasteiger partial charge in [-0.2, -0.15) is 0 Å². The highest BCUT2D eigenvalue weighted by atomic mass is 32.2. The molecule has 192 valence electrons.